The molecule has 2 rings (SSSR count). The molecule has 18 heavy (non-hydrogen) atoms. The number of hydrogen-bond donors (Lipinski definition) is 1. The van der Waals surface area contributed by atoms with Crippen molar-refractivity contribution in [3.05, 3.63) is 30.4 Å². The van der Waals surface area contributed by atoms with E-state index >= 15 is 0 Å². The van der Waals surface area contributed by atoms with Crippen LogP contribution in [0, 0.1) is 11.3 Å². The molecule has 92 valence electrons. The Bertz CT molecular complexity index is 598. The Hall–Kier alpha value is -2.42. The lowest BCUT2D eigenvalue weighted by Crippen LogP contribution is -2.33. The lowest BCUT2D eigenvalue weighted by atomic mass is 10.1. The Kier molecular flexibility index (Phi) is 3.53. The fourth-order valence-electron chi connectivity index (χ4n) is 1.70. The maximum absolute atomic E-state index is 12.0. The number of carbonyl (C=O) groups is 1. The molecule has 0 saturated heterocycles. The van der Waals surface area contributed by atoms with Gasteiger partial charge in [-0.25, -0.2) is 4.52 Å². The second-order valence-electron chi connectivity index (χ2n) is 3.91. The van der Waals surface area contributed by atoms with Crippen molar-refractivity contribution < 1.29 is 4.79 Å². The highest BCUT2D eigenvalue weighted by Crippen LogP contribution is 2.09. The molecular weight excluding hydrogens is 230 g/mol. The smallest absolute Gasteiger partial charge is 0.256 e. The Morgan fingerprint density at radius 3 is 3.17 bits per heavy atom. The highest BCUT2D eigenvalue weighted by molar-refractivity contribution is 6.00. The van der Waals surface area contributed by atoms with Crippen molar-refractivity contribution in [2.45, 2.75) is 25.8 Å². The number of fused-ring (bicyclic) bond motifs is 1. The second kappa shape index (κ2) is 5.27. The van der Waals surface area contributed by atoms with E-state index in [2.05, 4.69) is 21.5 Å². The van der Waals surface area contributed by atoms with Gasteiger partial charge < -0.3 is 5.32 Å². The molecule has 0 fully saturated rings. The molecule has 6 heteroatoms. The Morgan fingerprint density at radius 2 is 2.44 bits per heavy atom. The minimum absolute atomic E-state index is 0.294. The van der Waals surface area contributed by atoms with Gasteiger partial charge in [0.15, 0.2) is 0 Å². The average molecular weight is 243 g/mol. The quantitative estimate of drug-likeness (QED) is 0.873. The van der Waals surface area contributed by atoms with Crippen LogP contribution in [-0.2, 0) is 0 Å². The molecule has 0 aromatic carbocycles. The molecule has 1 unspecified atom stereocenters. The Morgan fingerprint density at radius 1 is 1.61 bits per heavy atom. The lowest BCUT2D eigenvalue weighted by molar-refractivity contribution is 0.0945. The molecule has 0 spiro atoms. The van der Waals surface area contributed by atoms with E-state index in [1.165, 1.54) is 6.20 Å². The summed E-state index contributed by atoms with van der Waals surface area (Å²) in [5.74, 6) is -0.294. The van der Waals surface area contributed by atoms with Crippen molar-refractivity contribution in [2.24, 2.45) is 0 Å². The monoisotopic (exact) mass is 243 g/mol. The zero-order valence-corrected chi connectivity index (χ0v) is 10.00. The SMILES string of the molecule is CCCC(C#N)NC(=O)c1cnn2ccncc12. The van der Waals surface area contributed by atoms with Crippen LogP contribution in [0.15, 0.2) is 24.8 Å². The van der Waals surface area contributed by atoms with Gasteiger partial charge in [0.1, 0.15) is 6.04 Å². The van der Waals surface area contributed by atoms with Gasteiger partial charge in [-0.15, -0.1) is 0 Å². The van der Waals surface area contributed by atoms with Crippen LogP contribution in [0.2, 0.25) is 0 Å². The summed E-state index contributed by atoms with van der Waals surface area (Å²) in [6, 6.07) is 1.61. The summed E-state index contributed by atoms with van der Waals surface area (Å²) in [7, 11) is 0. The molecule has 0 bridgehead atoms. The number of hydrogen-bond acceptors (Lipinski definition) is 4. The number of nitrogens with one attached hydrogen (secondary N) is 1. The predicted octanol–water partition coefficient (Wildman–Crippen LogP) is 1.15. The Labute approximate surface area is 104 Å². The van der Waals surface area contributed by atoms with Crippen LogP contribution < -0.4 is 5.32 Å². The fourth-order valence-corrected chi connectivity index (χ4v) is 1.70. The van der Waals surface area contributed by atoms with Gasteiger partial charge in [0, 0.05) is 12.4 Å². The molecule has 0 radical (unpaired) electrons. The molecule has 1 amide bonds. The number of nitriles is 1. The summed E-state index contributed by atoms with van der Waals surface area (Å²) >= 11 is 0. The molecule has 0 aliphatic rings. The predicted molar refractivity (Wildman–Crippen MR) is 64.8 cm³/mol. The van der Waals surface area contributed by atoms with Crippen LogP contribution in [0.3, 0.4) is 0 Å². The van der Waals surface area contributed by atoms with Crippen molar-refractivity contribution in [1.29, 1.82) is 5.26 Å². The maximum Gasteiger partial charge on any atom is 0.256 e. The summed E-state index contributed by atoms with van der Waals surface area (Å²) in [5, 5.41) is 15.7. The average Bonchev–Trinajstić information content (AvgIpc) is 2.82. The van der Waals surface area contributed by atoms with E-state index in [1.54, 1.807) is 23.1 Å². The van der Waals surface area contributed by atoms with Crippen molar-refractivity contribution in [1.82, 2.24) is 19.9 Å². The molecule has 1 N–H and O–H groups in total. The van der Waals surface area contributed by atoms with Crippen LogP contribution in [0.1, 0.15) is 30.1 Å². The number of nitrogens with zero attached hydrogens (tertiary/aromatic N) is 4. The van der Waals surface area contributed by atoms with E-state index < -0.39 is 6.04 Å². The van der Waals surface area contributed by atoms with Crippen molar-refractivity contribution in [3.63, 3.8) is 0 Å². The number of aromatic nitrogens is 3. The molecule has 0 aliphatic carbocycles. The standard InChI is InChI=1S/C12H13N5O/c1-2-3-9(6-13)16-12(18)10-7-15-17-5-4-14-8-11(10)17/h4-5,7-9H,2-3H2,1H3,(H,16,18). The molecule has 0 saturated carbocycles. The Balaban J connectivity index is 2.21. The topological polar surface area (TPSA) is 83.1 Å². The van der Waals surface area contributed by atoms with Gasteiger partial charge >= 0.3 is 0 Å². The van der Waals surface area contributed by atoms with E-state index in [9.17, 15) is 4.79 Å². The first-order valence-electron chi connectivity index (χ1n) is 5.74. The van der Waals surface area contributed by atoms with Crippen LogP contribution in [0.25, 0.3) is 5.52 Å². The van der Waals surface area contributed by atoms with Gasteiger partial charge in [-0.2, -0.15) is 10.4 Å². The first-order valence-corrected chi connectivity index (χ1v) is 5.74. The number of amides is 1. The fraction of sp³-hybridized carbons (Fsp3) is 0.333. The summed E-state index contributed by atoms with van der Waals surface area (Å²) in [6.07, 6.45) is 7.79. The molecular formula is C12H13N5O. The summed E-state index contributed by atoms with van der Waals surface area (Å²) < 4.78 is 1.57. The van der Waals surface area contributed by atoms with E-state index in [0.717, 1.165) is 6.42 Å². The van der Waals surface area contributed by atoms with Crippen LogP contribution in [-0.4, -0.2) is 26.5 Å². The van der Waals surface area contributed by atoms with Gasteiger partial charge in [0.2, 0.25) is 0 Å². The van der Waals surface area contributed by atoms with Gasteiger partial charge in [-0.3, -0.25) is 9.78 Å². The van der Waals surface area contributed by atoms with Crippen molar-refractivity contribution >= 4 is 11.4 Å². The zero-order chi connectivity index (χ0) is 13.0. The highest BCUT2D eigenvalue weighted by Gasteiger charge is 2.16. The molecule has 2 aromatic rings. The minimum atomic E-state index is -0.464. The maximum atomic E-state index is 12.0. The largest absolute Gasteiger partial charge is 0.336 e. The number of rotatable bonds is 4. The molecule has 2 heterocycles. The molecule has 2 aromatic heterocycles. The third-order valence-electron chi connectivity index (χ3n) is 2.61. The minimum Gasteiger partial charge on any atom is -0.336 e. The summed E-state index contributed by atoms with van der Waals surface area (Å²) in [6.45, 7) is 1.97. The van der Waals surface area contributed by atoms with E-state index in [4.69, 9.17) is 5.26 Å². The first kappa shape index (κ1) is 12.0. The van der Waals surface area contributed by atoms with Crippen molar-refractivity contribution in [3.8, 4) is 6.07 Å². The lowest BCUT2D eigenvalue weighted by Gasteiger charge is -2.09. The normalized spacial score (nSPS) is 12.0. The van der Waals surface area contributed by atoms with Crippen LogP contribution in [0.5, 0.6) is 0 Å². The zero-order valence-electron chi connectivity index (χ0n) is 10.00. The molecule has 1 atom stereocenters. The van der Waals surface area contributed by atoms with Gasteiger partial charge in [0.25, 0.3) is 5.91 Å². The van der Waals surface area contributed by atoms with Crippen LogP contribution >= 0.6 is 0 Å². The summed E-state index contributed by atoms with van der Waals surface area (Å²) in [5.41, 5.74) is 1.06. The third-order valence-corrected chi connectivity index (χ3v) is 2.61. The van der Waals surface area contributed by atoms with E-state index in [0.29, 0.717) is 17.5 Å². The van der Waals surface area contributed by atoms with Gasteiger partial charge in [-0.05, 0) is 6.42 Å². The highest BCUT2D eigenvalue weighted by atomic mass is 16.1. The molecule has 0 aliphatic heterocycles. The second-order valence-corrected chi connectivity index (χ2v) is 3.91. The van der Waals surface area contributed by atoms with Gasteiger partial charge in [0.05, 0.1) is 29.5 Å². The number of carbonyl (C=O) groups excluding carboxylic acids is 1. The first-order chi connectivity index (χ1) is 8.76. The summed E-state index contributed by atoms with van der Waals surface area (Å²) in [4.78, 5) is 16.0. The van der Waals surface area contributed by atoms with Crippen LogP contribution in [0.4, 0.5) is 0 Å². The van der Waals surface area contributed by atoms with Crippen molar-refractivity contribution in [2.75, 3.05) is 0 Å². The van der Waals surface area contributed by atoms with E-state index in [-0.39, 0.29) is 5.91 Å². The van der Waals surface area contributed by atoms with Gasteiger partial charge in [-0.1, -0.05) is 13.3 Å². The molecule has 6 nitrogen and oxygen atoms in total. The van der Waals surface area contributed by atoms with E-state index in [1.807, 2.05) is 6.92 Å². The third kappa shape index (κ3) is 2.30.